The van der Waals surface area contributed by atoms with Crippen molar-refractivity contribution in [2.75, 3.05) is 0 Å². The van der Waals surface area contributed by atoms with Crippen LogP contribution < -0.4 is 0 Å². The summed E-state index contributed by atoms with van der Waals surface area (Å²) >= 11 is 0. The van der Waals surface area contributed by atoms with Gasteiger partial charge >= 0.3 is 0 Å². The van der Waals surface area contributed by atoms with Crippen LogP contribution in [0.5, 0.6) is 0 Å². The molecule has 10 aromatic rings. The van der Waals surface area contributed by atoms with Gasteiger partial charge in [0, 0.05) is 0 Å². The third-order valence-electron chi connectivity index (χ3n) is 10.2. The first-order chi connectivity index (χ1) is 23.8. The highest BCUT2D eigenvalue weighted by Gasteiger charge is 2.10. The molecule has 0 aliphatic rings. The zero-order valence-electron chi connectivity index (χ0n) is 26.3. The SMILES string of the molecule is c1ccc2c(c1)ccc1ccc3cc(-c4ccc(-c5ccc(-c6ccc7c(ccc8ccc9ccccc9c87)c6)cc5)cc4)ccc3c12. The average Bonchev–Trinajstić information content (AvgIpc) is 3.17. The third kappa shape index (κ3) is 4.31. The summed E-state index contributed by atoms with van der Waals surface area (Å²) in [7, 11) is 0. The van der Waals surface area contributed by atoms with Gasteiger partial charge in [-0.15, -0.1) is 0 Å². The van der Waals surface area contributed by atoms with Crippen molar-refractivity contribution in [2.45, 2.75) is 0 Å². The molecule has 0 aliphatic carbocycles. The van der Waals surface area contributed by atoms with Gasteiger partial charge < -0.3 is 0 Å². The first kappa shape index (κ1) is 26.9. The van der Waals surface area contributed by atoms with E-state index in [9.17, 15) is 0 Å². The average molecular weight is 607 g/mol. The molecule has 0 radical (unpaired) electrons. The van der Waals surface area contributed by atoms with Gasteiger partial charge in [0.15, 0.2) is 0 Å². The summed E-state index contributed by atoms with van der Waals surface area (Å²) in [5, 5.41) is 15.6. The summed E-state index contributed by atoms with van der Waals surface area (Å²) in [6.07, 6.45) is 0. The van der Waals surface area contributed by atoms with Gasteiger partial charge in [-0.2, -0.15) is 0 Å². The molecule has 0 heterocycles. The van der Waals surface area contributed by atoms with E-state index >= 15 is 0 Å². The van der Waals surface area contributed by atoms with Crippen molar-refractivity contribution in [3.8, 4) is 33.4 Å². The lowest BCUT2D eigenvalue weighted by atomic mass is 9.93. The van der Waals surface area contributed by atoms with Gasteiger partial charge in [0.05, 0.1) is 0 Å². The van der Waals surface area contributed by atoms with Crippen molar-refractivity contribution in [1.82, 2.24) is 0 Å². The maximum Gasteiger partial charge on any atom is -0.00268 e. The Bertz CT molecular complexity index is 2660. The highest BCUT2D eigenvalue weighted by molar-refractivity contribution is 6.21. The zero-order valence-corrected chi connectivity index (χ0v) is 26.3. The fourth-order valence-corrected chi connectivity index (χ4v) is 7.74. The molecule has 0 fully saturated rings. The molecule has 0 saturated heterocycles. The smallest absolute Gasteiger partial charge is 0.00268 e. The van der Waals surface area contributed by atoms with E-state index in [1.807, 2.05) is 0 Å². The Morgan fingerprint density at radius 3 is 0.896 bits per heavy atom. The molecular weight excluding hydrogens is 577 g/mol. The second-order valence-corrected chi connectivity index (χ2v) is 12.9. The van der Waals surface area contributed by atoms with E-state index in [1.54, 1.807) is 0 Å². The van der Waals surface area contributed by atoms with Crippen molar-refractivity contribution in [3.63, 3.8) is 0 Å². The molecule has 222 valence electrons. The van der Waals surface area contributed by atoms with Crippen LogP contribution in [-0.4, -0.2) is 0 Å². The van der Waals surface area contributed by atoms with E-state index in [-0.39, 0.29) is 0 Å². The minimum absolute atomic E-state index is 1.22. The summed E-state index contributed by atoms with van der Waals surface area (Å²) in [6, 6.07) is 67.0. The monoisotopic (exact) mass is 606 g/mol. The van der Waals surface area contributed by atoms with Crippen molar-refractivity contribution in [1.29, 1.82) is 0 Å². The largest absolute Gasteiger partial charge is 0.0616 e. The van der Waals surface area contributed by atoms with E-state index in [2.05, 4.69) is 182 Å². The van der Waals surface area contributed by atoms with Gasteiger partial charge in [0.25, 0.3) is 0 Å². The van der Waals surface area contributed by atoms with Crippen LogP contribution in [0.3, 0.4) is 0 Å². The fourth-order valence-electron chi connectivity index (χ4n) is 7.74. The van der Waals surface area contributed by atoms with Crippen molar-refractivity contribution >= 4 is 64.6 Å². The van der Waals surface area contributed by atoms with Crippen LogP contribution in [0, 0.1) is 0 Å². The molecule has 0 bridgehead atoms. The summed E-state index contributed by atoms with van der Waals surface area (Å²) in [6.45, 7) is 0. The number of fused-ring (bicyclic) bond motifs is 10. The fraction of sp³-hybridized carbons (Fsp3) is 0. The highest BCUT2D eigenvalue weighted by atomic mass is 14.1. The second kappa shape index (κ2) is 10.7. The quantitative estimate of drug-likeness (QED) is 0.176. The predicted octanol–water partition coefficient (Wildman–Crippen LogP) is 13.6. The van der Waals surface area contributed by atoms with E-state index in [4.69, 9.17) is 0 Å². The minimum atomic E-state index is 1.22. The lowest BCUT2D eigenvalue weighted by molar-refractivity contribution is 1.59. The first-order valence-corrected chi connectivity index (χ1v) is 16.7. The van der Waals surface area contributed by atoms with E-state index in [0.717, 1.165) is 0 Å². The van der Waals surface area contributed by atoms with Gasteiger partial charge in [-0.25, -0.2) is 0 Å². The number of benzene rings is 10. The Kier molecular flexibility index (Phi) is 5.98. The molecule has 10 rings (SSSR count). The maximum atomic E-state index is 2.33. The van der Waals surface area contributed by atoms with Crippen molar-refractivity contribution in [3.05, 3.63) is 182 Å². The molecule has 0 spiro atoms. The molecule has 0 nitrogen and oxygen atoms in total. The zero-order chi connectivity index (χ0) is 31.6. The maximum absolute atomic E-state index is 2.33. The Labute approximate surface area is 279 Å². The van der Waals surface area contributed by atoms with E-state index in [0.29, 0.717) is 0 Å². The normalized spacial score (nSPS) is 11.8. The molecule has 0 heteroatoms. The summed E-state index contributed by atoms with van der Waals surface area (Å²) in [5.74, 6) is 0. The molecule has 0 atom stereocenters. The third-order valence-corrected chi connectivity index (χ3v) is 10.2. The molecule has 0 N–H and O–H groups in total. The Morgan fingerprint density at radius 1 is 0.188 bits per heavy atom. The van der Waals surface area contributed by atoms with Gasteiger partial charge in [-0.05, 0) is 110 Å². The molecule has 0 saturated carbocycles. The summed E-state index contributed by atoms with van der Waals surface area (Å²) in [5.41, 5.74) is 7.38. The standard InChI is InChI=1S/C48H30/c1-3-7-43-35(5-1)17-19-37-21-23-41-29-39(25-27-45(41)47(37)43)33-13-9-31(10-14-33)32-11-15-34(16-12-32)40-26-28-46-42(30-40)24-22-38-20-18-36-6-2-4-8-44(36)48(38)46/h1-30H. The van der Waals surface area contributed by atoms with Crippen molar-refractivity contribution in [2.24, 2.45) is 0 Å². The summed E-state index contributed by atoms with van der Waals surface area (Å²) in [4.78, 5) is 0. The predicted molar refractivity (Wildman–Crippen MR) is 208 cm³/mol. The van der Waals surface area contributed by atoms with E-state index < -0.39 is 0 Å². The Hall–Kier alpha value is -6.24. The molecule has 10 aromatic carbocycles. The van der Waals surface area contributed by atoms with Crippen LogP contribution in [0.25, 0.3) is 98.0 Å². The van der Waals surface area contributed by atoms with Crippen LogP contribution in [0.4, 0.5) is 0 Å². The first-order valence-electron chi connectivity index (χ1n) is 16.7. The van der Waals surface area contributed by atoms with Crippen molar-refractivity contribution < 1.29 is 0 Å². The second-order valence-electron chi connectivity index (χ2n) is 12.9. The molecule has 0 amide bonds. The van der Waals surface area contributed by atoms with Crippen LogP contribution >= 0.6 is 0 Å². The highest BCUT2D eigenvalue weighted by Crippen LogP contribution is 2.37. The lowest BCUT2D eigenvalue weighted by Crippen LogP contribution is -1.85. The lowest BCUT2D eigenvalue weighted by Gasteiger charge is -2.11. The molecule has 0 unspecified atom stereocenters. The number of hydrogen-bond donors (Lipinski definition) is 0. The molecular formula is C48H30. The van der Waals surface area contributed by atoms with Crippen LogP contribution in [0.2, 0.25) is 0 Å². The van der Waals surface area contributed by atoms with Gasteiger partial charge in [0.2, 0.25) is 0 Å². The van der Waals surface area contributed by atoms with E-state index in [1.165, 1.54) is 98.0 Å². The molecule has 48 heavy (non-hydrogen) atoms. The van der Waals surface area contributed by atoms with Gasteiger partial charge in [0.1, 0.15) is 0 Å². The Morgan fingerprint density at radius 2 is 0.479 bits per heavy atom. The number of hydrogen-bond acceptors (Lipinski definition) is 0. The minimum Gasteiger partial charge on any atom is -0.0616 e. The van der Waals surface area contributed by atoms with Crippen LogP contribution in [-0.2, 0) is 0 Å². The topological polar surface area (TPSA) is 0 Å². The van der Waals surface area contributed by atoms with Gasteiger partial charge in [-0.1, -0.05) is 170 Å². The van der Waals surface area contributed by atoms with Gasteiger partial charge in [-0.3, -0.25) is 0 Å². The Balaban J connectivity index is 0.952. The number of rotatable bonds is 3. The summed E-state index contributed by atoms with van der Waals surface area (Å²) < 4.78 is 0. The molecule has 0 aliphatic heterocycles. The van der Waals surface area contributed by atoms with Crippen LogP contribution in [0.1, 0.15) is 0 Å². The molecule has 0 aromatic heterocycles. The van der Waals surface area contributed by atoms with Crippen LogP contribution in [0.15, 0.2) is 182 Å².